The first-order valence-corrected chi connectivity index (χ1v) is 8.20. The van der Waals surface area contributed by atoms with Gasteiger partial charge in [0.2, 0.25) is 0 Å². The van der Waals surface area contributed by atoms with Crippen molar-refractivity contribution in [3.8, 4) is 0 Å². The number of ether oxygens (including phenoxy) is 2. The standard InChI is InChI=1S/C19H25NO4/c1-6-23-18(22)16-12-14-13(2)8-7-9-15(14)20(16)11-10-17(21)24-19(3,4)5/h7-9,12H,6,10-11H2,1-5H3. The highest BCUT2D eigenvalue weighted by Crippen LogP contribution is 2.24. The molecule has 1 aromatic heterocycles. The molecule has 0 amide bonds. The Hall–Kier alpha value is -2.30. The van der Waals surface area contributed by atoms with Crippen molar-refractivity contribution >= 4 is 22.8 Å². The summed E-state index contributed by atoms with van der Waals surface area (Å²) in [7, 11) is 0. The van der Waals surface area contributed by atoms with E-state index in [1.807, 2.05) is 56.5 Å². The molecule has 0 spiro atoms. The van der Waals surface area contributed by atoms with Crippen LogP contribution in [-0.2, 0) is 20.8 Å². The monoisotopic (exact) mass is 331 g/mol. The van der Waals surface area contributed by atoms with E-state index in [1.54, 1.807) is 6.92 Å². The van der Waals surface area contributed by atoms with E-state index in [9.17, 15) is 9.59 Å². The second kappa shape index (κ2) is 7.07. The normalized spacial score (nSPS) is 11.5. The maximum Gasteiger partial charge on any atom is 0.354 e. The van der Waals surface area contributed by atoms with Crippen LogP contribution in [0, 0.1) is 6.92 Å². The van der Waals surface area contributed by atoms with Gasteiger partial charge in [0, 0.05) is 17.4 Å². The highest BCUT2D eigenvalue weighted by atomic mass is 16.6. The van der Waals surface area contributed by atoms with Crippen molar-refractivity contribution in [2.24, 2.45) is 0 Å². The Morgan fingerprint density at radius 2 is 1.92 bits per heavy atom. The first-order chi connectivity index (χ1) is 11.2. The van der Waals surface area contributed by atoms with Gasteiger partial charge in [-0.1, -0.05) is 12.1 Å². The highest BCUT2D eigenvalue weighted by molar-refractivity contribution is 5.96. The van der Waals surface area contributed by atoms with Gasteiger partial charge in [-0.3, -0.25) is 4.79 Å². The summed E-state index contributed by atoms with van der Waals surface area (Å²) in [6.07, 6.45) is 0.196. The lowest BCUT2D eigenvalue weighted by molar-refractivity contribution is -0.155. The predicted molar refractivity (Wildman–Crippen MR) is 93.1 cm³/mol. The van der Waals surface area contributed by atoms with Gasteiger partial charge >= 0.3 is 11.9 Å². The molecule has 1 aromatic carbocycles. The van der Waals surface area contributed by atoms with Crippen LogP contribution in [-0.4, -0.2) is 28.7 Å². The summed E-state index contributed by atoms with van der Waals surface area (Å²) in [4.78, 5) is 24.3. The molecule has 2 aromatic rings. The molecular weight excluding hydrogens is 306 g/mol. The maximum absolute atomic E-state index is 12.3. The first kappa shape index (κ1) is 18.0. The van der Waals surface area contributed by atoms with Crippen molar-refractivity contribution in [1.29, 1.82) is 0 Å². The third-order valence-electron chi connectivity index (χ3n) is 3.61. The van der Waals surface area contributed by atoms with Crippen LogP contribution < -0.4 is 0 Å². The zero-order valence-electron chi connectivity index (χ0n) is 15.0. The van der Waals surface area contributed by atoms with Crippen molar-refractivity contribution in [2.75, 3.05) is 6.61 Å². The molecule has 130 valence electrons. The third kappa shape index (κ3) is 4.16. The smallest absolute Gasteiger partial charge is 0.354 e. The number of carbonyl (C=O) groups excluding carboxylic acids is 2. The van der Waals surface area contributed by atoms with E-state index in [-0.39, 0.29) is 18.4 Å². The molecule has 0 unspecified atom stereocenters. The Labute approximate surface area is 142 Å². The molecule has 1 heterocycles. The van der Waals surface area contributed by atoms with E-state index in [1.165, 1.54) is 0 Å². The Morgan fingerprint density at radius 1 is 1.21 bits per heavy atom. The first-order valence-electron chi connectivity index (χ1n) is 8.20. The molecule has 0 bridgehead atoms. The molecule has 0 saturated carbocycles. The second-order valence-corrected chi connectivity index (χ2v) is 6.75. The van der Waals surface area contributed by atoms with E-state index in [2.05, 4.69) is 0 Å². The van der Waals surface area contributed by atoms with Gasteiger partial charge in [-0.2, -0.15) is 0 Å². The number of nitrogens with zero attached hydrogens (tertiary/aromatic N) is 1. The van der Waals surface area contributed by atoms with Crippen LogP contribution in [0.4, 0.5) is 0 Å². The molecule has 0 atom stereocenters. The largest absolute Gasteiger partial charge is 0.461 e. The van der Waals surface area contributed by atoms with Crippen molar-refractivity contribution in [3.05, 3.63) is 35.5 Å². The van der Waals surface area contributed by atoms with Gasteiger partial charge in [-0.15, -0.1) is 0 Å². The molecule has 0 saturated heterocycles. The van der Waals surface area contributed by atoms with E-state index < -0.39 is 5.60 Å². The van der Waals surface area contributed by atoms with Gasteiger partial charge < -0.3 is 14.0 Å². The van der Waals surface area contributed by atoms with Crippen molar-refractivity contribution in [2.45, 2.75) is 53.2 Å². The summed E-state index contributed by atoms with van der Waals surface area (Å²) >= 11 is 0. The number of aryl methyl sites for hydroxylation is 2. The number of carbonyl (C=O) groups is 2. The number of hydrogen-bond donors (Lipinski definition) is 0. The lowest BCUT2D eigenvalue weighted by Gasteiger charge is -2.19. The minimum Gasteiger partial charge on any atom is -0.461 e. The van der Waals surface area contributed by atoms with Gasteiger partial charge in [-0.25, -0.2) is 4.79 Å². The fraction of sp³-hybridized carbons (Fsp3) is 0.474. The predicted octanol–water partition coefficient (Wildman–Crippen LogP) is 3.86. The maximum atomic E-state index is 12.3. The quantitative estimate of drug-likeness (QED) is 0.781. The van der Waals surface area contributed by atoms with E-state index in [4.69, 9.17) is 9.47 Å². The number of rotatable bonds is 5. The fourth-order valence-electron chi connectivity index (χ4n) is 2.64. The fourth-order valence-corrected chi connectivity index (χ4v) is 2.64. The Kier molecular flexibility index (Phi) is 5.32. The zero-order chi connectivity index (χ0) is 17.9. The number of hydrogen-bond acceptors (Lipinski definition) is 4. The topological polar surface area (TPSA) is 57.5 Å². The SMILES string of the molecule is CCOC(=O)c1cc2c(C)cccc2n1CCC(=O)OC(C)(C)C. The van der Waals surface area contributed by atoms with E-state index in [0.717, 1.165) is 16.5 Å². The molecule has 24 heavy (non-hydrogen) atoms. The molecule has 5 nitrogen and oxygen atoms in total. The summed E-state index contributed by atoms with van der Waals surface area (Å²) in [5, 5.41) is 0.991. The molecule has 0 radical (unpaired) electrons. The summed E-state index contributed by atoms with van der Waals surface area (Å²) in [6.45, 7) is 9.96. The third-order valence-corrected chi connectivity index (χ3v) is 3.61. The Bertz CT molecular complexity index is 753. The van der Waals surface area contributed by atoms with Crippen molar-refractivity contribution in [1.82, 2.24) is 4.57 Å². The van der Waals surface area contributed by atoms with E-state index in [0.29, 0.717) is 18.8 Å². The number of aromatic nitrogens is 1. The van der Waals surface area contributed by atoms with Crippen LogP contribution in [0.3, 0.4) is 0 Å². The van der Waals surface area contributed by atoms with E-state index >= 15 is 0 Å². The summed E-state index contributed by atoms with van der Waals surface area (Å²) in [5.41, 5.74) is 1.94. The zero-order valence-corrected chi connectivity index (χ0v) is 15.0. The summed E-state index contributed by atoms with van der Waals surface area (Å²) in [6, 6.07) is 7.71. The summed E-state index contributed by atoms with van der Waals surface area (Å²) in [5.74, 6) is -0.663. The highest BCUT2D eigenvalue weighted by Gasteiger charge is 2.20. The van der Waals surface area contributed by atoms with Gasteiger partial charge in [0.25, 0.3) is 0 Å². The van der Waals surface area contributed by atoms with Crippen LogP contribution in [0.25, 0.3) is 10.9 Å². The Balaban J connectivity index is 2.33. The molecular formula is C19H25NO4. The van der Waals surface area contributed by atoms with Crippen LogP contribution >= 0.6 is 0 Å². The van der Waals surface area contributed by atoms with Gasteiger partial charge in [0.05, 0.1) is 13.0 Å². The van der Waals surface area contributed by atoms with Gasteiger partial charge in [0.1, 0.15) is 11.3 Å². The molecule has 0 aliphatic carbocycles. The van der Waals surface area contributed by atoms with Crippen LogP contribution in [0.15, 0.2) is 24.3 Å². The van der Waals surface area contributed by atoms with Crippen molar-refractivity contribution in [3.63, 3.8) is 0 Å². The minimum absolute atomic E-state index is 0.196. The van der Waals surface area contributed by atoms with Gasteiger partial charge in [-0.05, 0) is 52.3 Å². The van der Waals surface area contributed by atoms with Crippen molar-refractivity contribution < 1.29 is 19.1 Å². The van der Waals surface area contributed by atoms with Crippen LogP contribution in [0.1, 0.15) is 50.2 Å². The molecule has 0 N–H and O–H groups in total. The minimum atomic E-state index is -0.517. The molecule has 0 aliphatic rings. The lowest BCUT2D eigenvalue weighted by Crippen LogP contribution is -2.25. The average Bonchev–Trinajstić information content (AvgIpc) is 2.84. The average molecular weight is 331 g/mol. The second-order valence-electron chi connectivity index (χ2n) is 6.75. The van der Waals surface area contributed by atoms with Gasteiger partial charge in [0.15, 0.2) is 0 Å². The molecule has 0 aliphatic heterocycles. The van der Waals surface area contributed by atoms with Crippen LogP contribution in [0.2, 0.25) is 0 Å². The number of benzene rings is 1. The van der Waals surface area contributed by atoms with Crippen LogP contribution in [0.5, 0.6) is 0 Å². The Morgan fingerprint density at radius 3 is 2.54 bits per heavy atom. The molecule has 2 rings (SSSR count). The molecule has 0 fully saturated rings. The number of fused-ring (bicyclic) bond motifs is 1. The number of esters is 2. The summed E-state index contributed by atoms with van der Waals surface area (Å²) < 4.78 is 12.3. The lowest BCUT2D eigenvalue weighted by atomic mass is 10.1. The molecule has 5 heteroatoms.